The average Bonchev–Trinajstić information content (AvgIpc) is 2.75. The normalized spacial score (nSPS) is 16.8. The number of fused-ring (bicyclic) bond motifs is 2. The van der Waals surface area contributed by atoms with E-state index in [1.807, 2.05) is 18.2 Å². The number of phenols is 1. The van der Waals surface area contributed by atoms with Crippen molar-refractivity contribution < 1.29 is 9.90 Å². The summed E-state index contributed by atoms with van der Waals surface area (Å²) in [7, 11) is 0. The number of benzene rings is 3. The van der Waals surface area contributed by atoms with Gasteiger partial charge in [-0.1, -0.05) is 49.4 Å². The van der Waals surface area contributed by atoms with Gasteiger partial charge in [0.05, 0.1) is 6.04 Å². The molecule has 0 saturated carbocycles. The molecule has 0 aromatic heterocycles. The molecule has 0 radical (unpaired) electrons. The Morgan fingerprint density at radius 1 is 1.10 bits per heavy atom. The molecule has 2 atom stereocenters. The van der Waals surface area contributed by atoms with Crippen LogP contribution in [0.25, 0.3) is 10.8 Å². The molecule has 1 heterocycles. The molecule has 29 heavy (non-hydrogen) atoms. The lowest BCUT2D eigenvalue weighted by molar-refractivity contribution is 0.235. The average molecular weight is 389 g/mol. The van der Waals surface area contributed by atoms with E-state index in [-0.39, 0.29) is 18.1 Å². The molecule has 1 aliphatic heterocycles. The van der Waals surface area contributed by atoms with Gasteiger partial charge in [0.15, 0.2) is 0 Å². The van der Waals surface area contributed by atoms with Crippen LogP contribution in [0.5, 0.6) is 5.75 Å². The zero-order chi connectivity index (χ0) is 20.2. The Kier molecular flexibility index (Phi) is 5.67. The lowest BCUT2D eigenvalue weighted by atomic mass is 9.95. The van der Waals surface area contributed by atoms with E-state index in [0.717, 1.165) is 24.0 Å². The summed E-state index contributed by atoms with van der Waals surface area (Å²) in [4.78, 5) is 12.5. The molecule has 1 aliphatic rings. The van der Waals surface area contributed by atoms with Crippen molar-refractivity contribution in [2.45, 2.75) is 38.4 Å². The van der Waals surface area contributed by atoms with Gasteiger partial charge < -0.3 is 21.1 Å². The predicted octanol–water partition coefficient (Wildman–Crippen LogP) is 4.01. The van der Waals surface area contributed by atoms with Crippen LogP contribution in [-0.4, -0.2) is 23.7 Å². The number of hydrogen-bond acceptors (Lipinski definition) is 3. The van der Waals surface area contributed by atoms with Crippen LogP contribution in [0.3, 0.4) is 0 Å². The van der Waals surface area contributed by atoms with E-state index in [2.05, 4.69) is 53.2 Å². The summed E-state index contributed by atoms with van der Waals surface area (Å²) < 4.78 is 0. The molecule has 0 spiro atoms. The summed E-state index contributed by atoms with van der Waals surface area (Å²) in [5.41, 5.74) is 3.45. The fourth-order valence-electron chi connectivity index (χ4n) is 3.98. The molecule has 3 aromatic carbocycles. The van der Waals surface area contributed by atoms with Gasteiger partial charge in [-0.3, -0.25) is 0 Å². The summed E-state index contributed by atoms with van der Waals surface area (Å²) in [6.07, 6.45) is 1.65. The third kappa shape index (κ3) is 4.51. The Morgan fingerprint density at radius 2 is 1.93 bits per heavy atom. The van der Waals surface area contributed by atoms with Crippen molar-refractivity contribution >= 4 is 16.8 Å². The molecule has 4 rings (SSSR count). The van der Waals surface area contributed by atoms with Gasteiger partial charge in [0, 0.05) is 19.1 Å². The number of nitrogens with one attached hydrogen (secondary N) is 3. The molecule has 0 saturated heterocycles. The third-order valence-corrected chi connectivity index (χ3v) is 5.64. The Balaban J connectivity index is 1.34. The van der Waals surface area contributed by atoms with E-state index >= 15 is 0 Å². The first-order valence-corrected chi connectivity index (χ1v) is 10.2. The van der Waals surface area contributed by atoms with E-state index in [0.29, 0.717) is 18.8 Å². The number of amides is 2. The lowest BCUT2D eigenvalue weighted by Gasteiger charge is -2.27. The number of phenolic OH excluding ortho intramolecular Hbond substituents is 1. The molecule has 4 N–H and O–H groups in total. The van der Waals surface area contributed by atoms with Crippen molar-refractivity contribution in [2.24, 2.45) is 0 Å². The maximum absolute atomic E-state index is 12.5. The van der Waals surface area contributed by atoms with Crippen LogP contribution < -0.4 is 16.0 Å². The van der Waals surface area contributed by atoms with Crippen LogP contribution in [0.1, 0.15) is 36.1 Å². The van der Waals surface area contributed by atoms with Gasteiger partial charge >= 0.3 is 6.03 Å². The van der Waals surface area contributed by atoms with Crippen molar-refractivity contribution in [3.63, 3.8) is 0 Å². The second kappa shape index (κ2) is 8.53. The Labute approximate surface area is 171 Å². The Morgan fingerprint density at radius 3 is 2.76 bits per heavy atom. The van der Waals surface area contributed by atoms with Crippen LogP contribution in [0.15, 0.2) is 60.7 Å². The van der Waals surface area contributed by atoms with E-state index in [1.165, 1.54) is 16.3 Å². The van der Waals surface area contributed by atoms with E-state index in [4.69, 9.17) is 0 Å². The minimum absolute atomic E-state index is 0.0253. The molecule has 5 nitrogen and oxygen atoms in total. The predicted molar refractivity (Wildman–Crippen MR) is 116 cm³/mol. The van der Waals surface area contributed by atoms with Crippen molar-refractivity contribution in [3.8, 4) is 5.75 Å². The summed E-state index contributed by atoms with van der Waals surface area (Å²) >= 11 is 0. The fourth-order valence-corrected chi connectivity index (χ4v) is 3.98. The molecule has 2 amide bonds. The standard InChI is InChI=1S/C24H27N3O2/c1-2-23(19-8-7-16-5-3-4-6-17(16)11-19)27-24(29)26-15-21-12-18-9-10-22(28)13-20(18)14-25-21/h3-11,13,21,23,25,28H,2,12,14-15H2,1H3,(H2,26,27,29)/t21-,23?/m0/s1. The number of carbonyl (C=O) groups is 1. The summed E-state index contributed by atoms with van der Waals surface area (Å²) in [5.74, 6) is 0.292. The molecule has 150 valence electrons. The van der Waals surface area contributed by atoms with E-state index < -0.39 is 0 Å². The smallest absolute Gasteiger partial charge is 0.315 e. The second-order valence-electron chi connectivity index (χ2n) is 7.66. The zero-order valence-corrected chi connectivity index (χ0v) is 16.6. The van der Waals surface area contributed by atoms with Crippen LogP contribution in [0, 0.1) is 0 Å². The summed E-state index contributed by atoms with van der Waals surface area (Å²) in [5, 5.41) is 21.5. The molecule has 3 aromatic rings. The Bertz CT molecular complexity index is 1020. The van der Waals surface area contributed by atoms with E-state index in [9.17, 15) is 9.90 Å². The van der Waals surface area contributed by atoms with Gasteiger partial charge in [-0.05, 0) is 58.5 Å². The highest BCUT2D eigenvalue weighted by Crippen LogP contribution is 2.23. The maximum Gasteiger partial charge on any atom is 0.315 e. The number of aromatic hydroxyl groups is 1. The summed E-state index contributed by atoms with van der Waals surface area (Å²) in [6, 6.07) is 20.1. The largest absolute Gasteiger partial charge is 0.508 e. The van der Waals surface area contributed by atoms with Crippen LogP contribution in [-0.2, 0) is 13.0 Å². The SMILES string of the molecule is CCC(NC(=O)NC[C@@H]1Cc2ccc(O)cc2CN1)c1ccc2ccccc2c1. The highest BCUT2D eigenvalue weighted by Gasteiger charge is 2.19. The van der Waals surface area contributed by atoms with Gasteiger partial charge in [-0.15, -0.1) is 0 Å². The topological polar surface area (TPSA) is 73.4 Å². The monoisotopic (exact) mass is 389 g/mol. The molecular formula is C24H27N3O2. The highest BCUT2D eigenvalue weighted by atomic mass is 16.3. The Hall–Kier alpha value is -3.05. The van der Waals surface area contributed by atoms with Crippen LogP contribution in [0.2, 0.25) is 0 Å². The van der Waals surface area contributed by atoms with Crippen molar-refractivity contribution in [1.29, 1.82) is 0 Å². The van der Waals surface area contributed by atoms with Crippen LogP contribution in [0.4, 0.5) is 4.79 Å². The second-order valence-corrected chi connectivity index (χ2v) is 7.66. The number of carbonyl (C=O) groups excluding carboxylic acids is 1. The molecule has 0 bridgehead atoms. The highest BCUT2D eigenvalue weighted by molar-refractivity contribution is 5.83. The minimum Gasteiger partial charge on any atom is -0.508 e. The van der Waals surface area contributed by atoms with Gasteiger partial charge in [-0.2, -0.15) is 0 Å². The fraction of sp³-hybridized carbons (Fsp3) is 0.292. The van der Waals surface area contributed by atoms with Crippen molar-refractivity contribution in [2.75, 3.05) is 6.54 Å². The maximum atomic E-state index is 12.5. The molecule has 5 heteroatoms. The number of rotatable bonds is 5. The van der Waals surface area contributed by atoms with E-state index in [1.54, 1.807) is 12.1 Å². The quantitative estimate of drug-likeness (QED) is 0.533. The first kappa shape index (κ1) is 19.3. The van der Waals surface area contributed by atoms with Gasteiger partial charge in [0.25, 0.3) is 0 Å². The first-order valence-electron chi connectivity index (χ1n) is 10.2. The molecule has 1 unspecified atom stereocenters. The minimum atomic E-state index is -0.150. The first-order chi connectivity index (χ1) is 14.1. The lowest BCUT2D eigenvalue weighted by Crippen LogP contribution is -2.47. The van der Waals surface area contributed by atoms with Crippen LogP contribution >= 0.6 is 0 Å². The van der Waals surface area contributed by atoms with Crippen molar-refractivity contribution in [3.05, 3.63) is 77.4 Å². The van der Waals surface area contributed by atoms with Gasteiger partial charge in [0.2, 0.25) is 0 Å². The van der Waals surface area contributed by atoms with Crippen molar-refractivity contribution in [1.82, 2.24) is 16.0 Å². The molecular weight excluding hydrogens is 362 g/mol. The number of urea groups is 1. The summed E-state index contributed by atoms with van der Waals surface area (Å²) in [6.45, 7) is 3.34. The third-order valence-electron chi connectivity index (χ3n) is 5.64. The molecule has 0 aliphatic carbocycles. The van der Waals surface area contributed by atoms with Gasteiger partial charge in [-0.25, -0.2) is 4.79 Å². The zero-order valence-electron chi connectivity index (χ0n) is 16.6. The molecule has 0 fully saturated rings. The van der Waals surface area contributed by atoms with Gasteiger partial charge in [0.1, 0.15) is 5.75 Å². The number of hydrogen-bond donors (Lipinski definition) is 4.